The van der Waals surface area contributed by atoms with Gasteiger partial charge in [0.2, 0.25) is 5.95 Å². The zero-order chi connectivity index (χ0) is 22.0. The number of anilines is 3. The number of hydrogen-bond donors (Lipinski definition) is 2. The van der Waals surface area contributed by atoms with Gasteiger partial charge in [-0.05, 0) is 31.5 Å². The molecule has 0 aliphatic carbocycles. The molecule has 164 valence electrons. The van der Waals surface area contributed by atoms with Crippen LogP contribution in [0.2, 0.25) is 0 Å². The number of nitrogens with zero attached hydrogens (tertiary/aromatic N) is 5. The molecular formula is C21H26N6O4. The SMILES string of the molecule is CCN1C(=O)OCc2cnc(NC(C)c3ccc(N4CCN(C(=O)O)CC4)cc3)nc21. The number of nitrogens with one attached hydrogen (secondary N) is 1. The van der Waals surface area contributed by atoms with E-state index in [1.165, 1.54) is 9.80 Å². The maximum absolute atomic E-state index is 11.9. The predicted octanol–water partition coefficient (Wildman–Crippen LogP) is 2.93. The quantitative estimate of drug-likeness (QED) is 0.751. The molecule has 0 radical (unpaired) electrons. The molecule has 2 N–H and O–H groups in total. The smallest absolute Gasteiger partial charge is 0.415 e. The predicted molar refractivity (Wildman–Crippen MR) is 116 cm³/mol. The zero-order valence-electron chi connectivity index (χ0n) is 17.6. The topological polar surface area (TPSA) is 111 Å². The molecule has 2 aliphatic rings. The van der Waals surface area contributed by atoms with Gasteiger partial charge in [0, 0.05) is 44.6 Å². The Morgan fingerprint density at radius 2 is 1.94 bits per heavy atom. The minimum atomic E-state index is -0.863. The van der Waals surface area contributed by atoms with Crippen LogP contribution in [0.3, 0.4) is 0 Å². The third-order valence-electron chi connectivity index (χ3n) is 5.64. The van der Waals surface area contributed by atoms with Crippen molar-refractivity contribution in [2.24, 2.45) is 0 Å². The molecule has 1 unspecified atom stereocenters. The maximum atomic E-state index is 11.9. The van der Waals surface area contributed by atoms with E-state index >= 15 is 0 Å². The maximum Gasteiger partial charge on any atom is 0.415 e. The summed E-state index contributed by atoms with van der Waals surface area (Å²) in [6.07, 6.45) is 0.428. The average Bonchev–Trinajstić information content (AvgIpc) is 2.79. The highest BCUT2D eigenvalue weighted by molar-refractivity contribution is 5.89. The van der Waals surface area contributed by atoms with Crippen LogP contribution in [0, 0.1) is 0 Å². The lowest BCUT2D eigenvalue weighted by molar-refractivity contribution is 0.141. The van der Waals surface area contributed by atoms with Gasteiger partial charge in [-0.1, -0.05) is 12.1 Å². The van der Waals surface area contributed by atoms with Crippen LogP contribution in [0.4, 0.5) is 27.0 Å². The molecule has 10 heteroatoms. The number of aromatic nitrogens is 2. The molecule has 4 rings (SSSR count). The van der Waals surface area contributed by atoms with Gasteiger partial charge in [-0.3, -0.25) is 4.90 Å². The Kier molecular flexibility index (Phi) is 5.79. The Labute approximate surface area is 180 Å². The van der Waals surface area contributed by atoms with Crippen molar-refractivity contribution in [2.75, 3.05) is 47.8 Å². The summed E-state index contributed by atoms with van der Waals surface area (Å²) in [5.74, 6) is 1.03. The minimum Gasteiger partial charge on any atom is -0.465 e. The van der Waals surface area contributed by atoms with E-state index in [2.05, 4.69) is 20.2 Å². The second-order valence-electron chi connectivity index (χ2n) is 7.56. The number of cyclic esters (lactones) is 1. The number of ether oxygens (including phenoxy) is 1. The Hall–Kier alpha value is -3.56. The summed E-state index contributed by atoms with van der Waals surface area (Å²) in [5, 5.41) is 12.4. The Morgan fingerprint density at radius 3 is 2.58 bits per heavy atom. The molecule has 1 aromatic carbocycles. The minimum absolute atomic E-state index is 0.0402. The highest BCUT2D eigenvalue weighted by atomic mass is 16.6. The summed E-state index contributed by atoms with van der Waals surface area (Å²) >= 11 is 0. The highest BCUT2D eigenvalue weighted by Gasteiger charge is 2.27. The first-order chi connectivity index (χ1) is 15.0. The summed E-state index contributed by atoms with van der Waals surface area (Å²) in [7, 11) is 0. The third kappa shape index (κ3) is 4.32. The van der Waals surface area contributed by atoms with Crippen molar-refractivity contribution in [1.29, 1.82) is 0 Å². The van der Waals surface area contributed by atoms with Gasteiger partial charge in [0.15, 0.2) is 0 Å². The molecular weight excluding hydrogens is 400 g/mol. The number of benzene rings is 1. The molecule has 10 nitrogen and oxygen atoms in total. The summed E-state index contributed by atoms with van der Waals surface area (Å²) in [6.45, 7) is 6.92. The Bertz CT molecular complexity index is 959. The van der Waals surface area contributed by atoms with Crippen LogP contribution in [0.1, 0.15) is 31.0 Å². The van der Waals surface area contributed by atoms with Gasteiger partial charge in [-0.2, -0.15) is 4.98 Å². The normalized spacial score (nSPS) is 17.1. The molecule has 2 aliphatic heterocycles. The van der Waals surface area contributed by atoms with Crippen LogP contribution >= 0.6 is 0 Å². The van der Waals surface area contributed by atoms with Crippen molar-refractivity contribution in [3.05, 3.63) is 41.6 Å². The summed E-state index contributed by atoms with van der Waals surface area (Å²) in [4.78, 5) is 37.0. The summed E-state index contributed by atoms with van der Waals surface area (Å²) in [6, 6.07) is 8.15. The van der Waals surface area contributed by atoms with Crippen LogP contribution in [0.15, 0.2) is 30.5 Å². The first-order valence-corrected chi connectivity index (χ1v) is 10.4. The van der Waals surface area contributed by atoms with Crippen LogP contribution in [0.25, 0.3) is 0 Å². The molecule has 1 atom stereocenters. The molecule has 1 aromatic heterocycles. The number of hydrogen-bond acceptors (Lipinski definition) is 7. The molecule has 0 saturated carbocycles. The average molecular weight is 426 g/mol. The number of amides is 2. The number of carbonyl (C=O) groups is 2. The van der Waals surface area contributed by atoms with Crippen molar-refractivity contribution in [2.45, 2.75) is 26.5 Å². The second kappa shape index (κ2) is 8.66. The van der Waals surface area contributed by atoms with Gasteiger partial charge >= 0.3 is 12.2 Å². The van der Waals surface area contributed by atoms with E-state index < -0.39 is 12.2 Å². The van der Waals surface area contributed by atoms with Crippen molar-refractivity contribution >= 4 is 29.6 Å². The van der Waals surface area contributed by atoms with E-state index in [-0.39, 0.29) is 12.6 Å². The summed E-state index contributed by atoms with van der Waals surface area (Å²) in [5.41, 5.74) is 2.93. The second-order valence-corrected chi connectivity index (χ2v) is 7.56. The Morgan fingerprint density at radius 1 is 1.23 bits per heavy atom. The molecule has 3 heterocycles. The molecule has 1 saturated heterocycles. The number of rotatable bonds is 5. The third-order valence-corrected chi connectivity index (χ3v) is 5.64. The van der Waals surface area contributed by atoms with Crippen LogP contribution < -0.4 is 15.1 Å². The first-order valence-electron chi connectivity index (χ1n) is 10.4. The van der Waals surface area contributed by atoms with Crippen molar-refractivity contribution in [3.8, 4) is 0 Å². The van der Waals surface area contributed by atoms with Gasteiger partial charge in [0.05, 0.1) is 11.6 Å². The van der Waals surface area contributed by atoms with Crippen molar-refractivity contribution < 1.29 is 19.4 Å². The van der Waals surface area contributed by atoms with E-state index in [0.717, 1.165) is 16.8 Å². The van der Waals surface area contributed by atoms with Gasteiger partial charge in [0.25, 0.3) is 0 Å². The lowest BCUT2D eigenvalue weighted by Crippen LogP contribution is -2.48. The molecule has 0 spiro atoms. The van der Waals surface area contributed by atoms with E-state index in [0.29, 0.717) is 44.5 Å². The first kappa shape index (κ1) is 20.7. The van der Waals surface area contributed by atoms with Crippen LogP contribution in [0.5, 0.6) is 0 Å². The van der Waals surface area contributed by atoms with E-state index in [9.17, 15) is 9.59 Å². The number of piperazine rings is 1. The lowest BCUT2D eigenvalue weighted by atomic mass is 10.1. The largest absolute Gasteiger partial charge is 0.465 e. The zero-order valence-corrected chi connectivity index (χ0v) is 17.6. The van der Waals surface area contributed by atoms with E-state index in [1.54, 1.807) is 6.20 Å². The van der Waals surface area contributed by atoms with Gasteiger partial charge in [0.1, 0.15) is 12.4 Å². The molecule has 2 aromatic rings. The van der Waals surface area contributed by atoms with Crippen molar-refractivity contribution in [3.63, 3.8) is 0 Å². The van der Waals surface area contributed by atoms with E-state index in [4.69, 9.17) is 9.84 Å². The van der Waals surface area contributed by atoms with Crippen molar-refractivity contribution in [1.82, 2.24) is 14.9 Å². The Balaban J connectivity index is 1.41. The van der Waals surface area contributed by atoms with Gasteiger partial charge in [-0.25, -0.2) is 14.6 Å². The van der Waals surface area contributed by atoms with Gasteiger partial charge in [-0.15, -0.1) is 0 Å². The fraction of sp³-hybridized carbons (Fsp3) is 0.429. The molecule has 2 amide bonds. The van der Waals surface area contributed by atoms with Crippen LogP contribution in [-0.2, 0) is 11.3 Å². The number of fused-ring (bicyclic) bond motifs is 1. The summed E-state index contributed by atoms with van der Waals surface area (Å²) < 4.78 is 5.13. The monoisotopic (exact) mass is 426 g/mol. The van der Waals surface area contributed by atoms with E-state index in [1.807, 2.05) is 38.1 Å². The molecule has 1 fully saturated rings. The standard InChI is InChI=1S/C21H26N6O4/c1-3-27-18-16(13-31-21(27)30)12-22-19(24-18)23-14(2)15-4-6-17(7-5-15)25-8-10-26(11-9-25)20(28)29/h4-7,12,14H,3,8-11,13H2,1-2H3,(H,28,29)(H,22,23,24). The van der Waals surface area contributed by atoms with Crippen LogP contribution in [-0.4, -0.2) is 64.9 Å². The fourth-order valence-corrected chi connectivity index (χ4v) is 3.79. The number of carbonyl (C=O) groups excluding carboxylic acids is 1. The van der Waals surface area contributed by atoms with Gasteiger partial charge < -0.3 is 25.0 Å². The molecule has 0 bridgehead atoms. The molecule has 31 heavy (non-hydrogen) atoms. The lowest BCUT2D eigenvalue weighted by Gasteiger charge is -2.34. The fourth-order valence-electron chi connectivity index (χ4n) is 3.79. The number of carboxylic acid groups (broad SMARTS) is 1. The highest BCUT2D eigenvalue weighted by Crippen LogP contribution is 2.27.